The fraction of sp³-hybridized carbons (Fsp3) is 0.350. The van der Waals surface area contributed by atoms with Gasteiger partial charge in [0.05, 0.1) is 18.3 Å². The van der Waals surface area contributed by atoms with Gasteiger partial charge in [-0.15, -0.1) is 0 Å². The Hall–Kier alpha value is -3.29. The van der Waals surface area contributed by atoms with E-state index < -0.39 is 0 Å². The Labute approximate surface area is 162 Å². The van der Waals surface area contributed by atoms with Crippen molar-refractivity contribution in [2.75, 3.05) is 13.1 Å². The minimum Gasteiger partial charge on any atom is -0.488 e. The van der Waals surface area contributed by atoms with Crippen molar-refractivity contribution in [3.8, 4) is 28.7 Å². The van der Waals surface area contributed by atoms with Gasteiger partial charge in [0.15, 0.2) is 0 Å². The lowest BCUT2D eigenvalue weighted by Gasteiger charge is -2.19. The van der Waals surface area contributed by atoms with Gasteiger partial charge in [-0.25, -0.2) is 4.98 Å². The molecule has 0 spiro atoms. The molecule has 1 aromatic carbocycles. The van der Waals surface area contributed by atoms with Crippen molar-refractivity contribution in [3.05, 3.63) is 42.9 Å². The van der Waals surface area contributed by atoms with E-state index >= 15 is 0 Å². The molecule has 3 aromatic rings. The maximum atomic E-state index is 12.2. The smallest absolute Gasteiger partial charge is 0.262 e. The van der Waals surface area contributed by atoms with E-state index in [0.717, 1.165) is 6.42 Å². The number of carbonyl (C=O) groups is 1. The molecule has 1 amide bonds. The predicted octanol–water partition coefficient (Wildman–Crippen LogP) is 2.83. The normalized spacial score (nSPS) is 16.5. The van der Waals surface area contributed by atoms with E-state index in [0.29, 0.717) is 41.8 Å². The molecule has 4 rings (SSSR count). The van der Waals surface area contributed by atoms with Crippen LogP contribution in [0.4, 0.5) is 0 Å². The zero-order valence-electron chi connectivity index (χ0n) is 15.8. The molecule has 0 aliphatic carbocycles. The average molecular weight is 379 g/mol. The largest absolute Gasteiger partial charge is 0.488 e. The first kappa shape index (κ1) is 18.1. The van der Waals surface area contributed by atoms with Gasteiger partial charge in [0.1, 0.15) is 17.5 Å². The summed E-state index contributed by atoms with van der Waals surface area (Å²) >= 11 is 0. The van der Waals surface area contributed by atoms with E-state index in [4.69, 9.17) is 9.26 Å². The van der Waals surface area contributed by atoms with E-state index in [1.807, 2.05) is 43.0 Å². The first-order valence-electron chi connectivity index (χ1n) is 9.26. The molecule has 1 aliphatic heterocycles. The number of benzene rings is 1. The standard InChI is InChI=1S/C20H21N5O3/c1-13(2)20(26)25-10-7-14(12-25)27-17-6-4-3-5-15(17)19-23-18(24-28-19)16-11-21-8-9-22-16/h3-6,8-9,11,13-14H,7,10,12H2,1-2H3. The first-order valence-corrected chi connectivity index (χ1v) is 9.26. The van der Waals surface area contributed by atoms with Crippen molar-refractivity contribution in [2.45, 2.75) is 26.4 Å². The van der Waals surface area contributed by atoms with E-state index in [9.17, 15) is 4.79 Å². The Morgan fingerprint density at radius 3 is 2.93 bits per heavy atom. The number of aromatic nitrogens is 4. The summed E-state index contributed by atoms with van der Waals surface area (Å²) < 4.78 is 11.6. The van der Waals surface area contributed by atoms with Gasteiger partial charge in [0, 0.05) is 31.3 Å². The zero-order valence-corrected chi connectivity index (χ0v) is 15.8. The number of rotatable bonds is 5. The van der Waals surface area contributed by atoms with Crippen LogP contribution >= 0.6 is 0 Å². The van der Waals surface area contributed by atoms with Crippen LogP contribution in [0, 0.1) is 5.92 Å². The molecule has 144 valence electrons. The molecule has 1 unspecified atom stereocenters. The summed E-state index contributed by atoms with van der Waals surface area (Å²) in [5.74, 6) is 1.52. The van der Waals surface area contributed by atoms with Crippen LogP contribution < -0.4 is 4.74 Å². The summed E-state index contributed by atoms with van der Waals surface area (Å²) in [7, 11) is 0. The molecule has 0 N–H and O–H groups in total. The molecule has 8 heteroatoms. The van der Waals surface area contributed by atoms with E-state index in [1.165, 1.54) is 0 Å². The molecular weight excluding hydrogens is 358 g/mol. The van der Waals surface area contributed by atoms with Crippen LogP contribution in [0.15, 0.2) is 47.4 Å². The SMILES string of the molecule is CC(C)C(=O)N1CCC(Oc2ccccc2-c2nc(-c3cnccn3)no2)C1. The summed E-state index contributed by atoms with van der Waals surface area (Å²) in [6.07, 6.45) is 5.47. The Balaban J connectivity index is 1.52. The average Bonchev–Trinajstić information content (AvgIpc) is 3.38. The van der Waals surface area contributed by atoms with Crippen molar-refractivity contribution in [1.82, 2.24) is 25.0 Å². The molecule has 3 heterocycles. The summed E-state index contributed by atoms with van der Waals surface area (Å²) in [4.78, 5) is 26.7. The van der Waals surface area contributed by atoms with Crippen LogP contribution in [0.3, 0.4) is 0 Å². The molecule has 8 nitrogen and oxygen atoms in total. The lowest BCUT2D eigenvalue weighted by molar-refractivity contribution is -0.133. The van der Waals surface area contributed by atoms with Gasteiger partial charge in [0.25, 0.3) is 5.89 Å². The fourth-order valence-electron chi connectivity index (χ4n) is 3.17. The highest BCUT2D eigenvalue weighted by molar-refractivity contribution is 5.78. The molecule has 2 aromatic heterocycles. The molecule has 0 bridgehead atoms. The monoisotopic (exact) mass is 379 g/mol. The van der Waals surface area contributed by atoms with Crippen LogP contribution in [0.1, 0.15) is 20.3 Å². The van der Waals surface area contributed by atoms with Crippen LogP contribution in [0.5, 0.6) is 5.75 Å². The molecule has 1 aliphatic rings. The Kier molecular flexibility index (Phi) is 5.01. The third-order valence-electron chi connectivity index (χ3n) is 4.58. The molecule has 1 saturated heterocycles. The lowest BCUT2D eigenvalue weighted by atomic mass is 10.2. The summed E-state index contributed by atoms with van der Waals surface area (Å²) in [6, 6.07) is 7.52. The summed E-state index contributed by atoms with van der Waals surface area (Å²) in [5, 5.41) is 3.99. The minimum absolute atomic E-state index is 0.0102. The summed E-state index contributed by atoms with van der Waals surface area (Å²) in [6.45, 7) is 5.12. The van der Waals surface area contributed by atoms with E-state index in [1.54, 1.807) is 18.6 Å². The van der Waals surface area contributed by atoms with Crippen LogP contribution in [0.2, 0.25) is 0 Å². The Bertz CT molecular complexity index is 957. The number of ether oxygens (including phenoxy) is 1. The Morgan fingerprint density at radius 2 is 2.14 bits per heavy atom. The van der Waals surface area contributed by atoms with Crippen molar-refractivity contribution in [3.63, 3.8) is 0 Å². The second kappa shape index (κ2) is 7.75. The van der Waals surface area contributed by atoms with Gasteiger partial charge in [-0.2, -0.15) is 4.98 Å². The van der Waals surface area contributed by atoms with Gasteiger partial charge in [-0.1, -0.05) is 31.1 Å². The van der Waals surface area contributed by atoms with E-state index in [-0.39, 0.29) is 17.9 Å². The minimum atomic E-state index is -0.0637. The molecule has 0 radical (unpaired) electrons. The fourth-order valence-corrected chi connectivity index (χ4v) is 3.17. The lowest BCUT2D eigenvalue weighted by Crippen LogP contribution is -2.33. The van der Waals surface area contributed by atoms with Crippen molar-refractivity contribution in [1.29, 1.82) is 0 Å². The molecule has 1 fully saturated rings. The van der Waals surface area contributed by atoms with Gasteiger partial charge in [0.2, 0.25) is 11.7 Å². The van der Waals surface area contributed by atoms with Gasteiger partial charge >= 0.3 is 0 Å². The van der Waals surface area contributed by atoms with Gasteiger partial charge < -0.3 is 14.2 Å². The molecular formula is C20H21N5O3. The third kappa shape index (κ3) is 3.71. The second-order valence-corrected chi connectivity index (χ2v) is 6.98. The predicted molar refractivity (Wildman–Crippen MR) is 101 cm³/mol. The van der Waals surface area contributed by atoms with Crippen LogP contribution in [-0.2, 0) is 4.79 Å². The van der Waals surface area contributed by atoms with Crippen LogP contribution in [-0.4, -0.2) is 50.1 Å². The maximum absolute atomic E-state index is 12.2. The maximum Gasteiger partial charge on any atom is 0.262 e. The van der Waals surface area contributed by atoms with Gasteiger partial charge in [-0.3, -0.25) is 9.78 Å². The Morgan fingerprint density at radius 1 is 1.29 bits per heavy atom. The highest BCUT2D eigenvalue weighted by Gasteiger charge is 2.29. The highest BCUT2D eigenvalue weighted by atomic mass is 16.5. The van der Waals surface area contributed by atoms with Crippen molar-refractivity contribution in [2.24, 2.45) is 5.92 Å². The number of likely N-dealkylation sites (tertiary alicyclic amines) is 1. The summed E-state index contributed by atoms with van der Waals surface area (Å²) in [5.41, 5.74) is 1.24. The number of hydrogen-bond acceptors (Lipinski definition) is 7. The quantitative estimate of drug-likeness (QED) is 0.673. The second-order valence-electron chi connectivity index (χ2n) is 6.98. The van der Waals surface area contributed by atoms with Crippen molar-refractivity contribution >= 4 is 5.91 Å². The van der Waals surface area contributed by atoms with E-state index in [2.05, 4.69) is 20.1 Å². The number of amides is 1. The topological polar surface area (TPSA) is 94.2 Å². The highest BCUT2D eigenvalue weighted by Crippen LogP contribution is 2.31. The number of hydrogen-bond donors (Lipinski definition) is 0. The number of para-hydroxylation sites is 1. The van der Waals surface area contributed by atoms with Gasteiger partial charge in [-0.05, 0) is 12.1 Å². The molecule has 1 atom stereocenters. The zero-order chi connectivity index (χ0) is 19.5. The third-order valence-corrected chi connectivity index (χ3v) is 4.58. The van der Waals surface area contributed by atoms with Crippen molar-refractivity contribution < 1.29 is 14.1 Å². The van der Waals surface area contributed by atoms with Crippen LogP contribution in [0.25, 0.3) is 23.0 Å². The first-order chi connectivity index (χ1) is 13.6. The molecule has 0 saturated carbocycles. The number of carbonyl (C=O) groups excluding carboxylic acids is 1. The molecule has 28 heavy (non-hydrogen) atoms. The number of nitrogens with zero attached hydrogens (tertiary/aromatic N) is 5.